The van der Waals surface area contributed by atoms with E-state index in [1.54, 1.807) is 28.0 Å². The number of alkyl halides is 2. The molecule has 1 aromatic heterocycles. The second kappa shape index (κ2) is 39.2. The topological polar surface area (TPSA) is 294 Å². The average Bonchev–Trinajstić information content (AvgIpc) is 1.84. The van der Waals surface area contributed by atoms with Gasteiger partial charge in [0.15, 0.2) is 0 Å². The first-order valence-electron chi connectivity index (χ1n) is 32.2. The van der Waals surface area contributed by atoms with E-state index in [2.05, 4.69) is 66.5 Å². The van der Waals surface area contributed by atoms with E-state index in [1.165, 1.54) is 29.6 Å². The van der Waals surface area contributed by atoms with E-state index < -0.39 is 66.3 Å². The molecule has 26 nitrogen and oxygen atoms in total. The summed E-state index contributed by atoms with van der Waals surface area (Å²) in [4.78, 5) is 146. The van der Waals surface area contributed by atoms with Crippen LogP contribution in [-0.4, -0.2) is 283 Å². The van der Waals surface area contributed by atoms with Crippen LogP contribution in [-0.2, 0) is 59.0 Å². The number of carbonyl (C=O) groups excluding carboxylic acids is 9. The lowest BCUT2D eigenvalue weighted by atomic mass is 10.1. The Morgan fingerprint density at radius 2 is 1.42 bits per heavy atom. The molecule has 3 aromatic rings. The third-order valence-corrected chi connectivity index (χ3v) is 19.2. The summed E-state index contributed by atoms with van der Waals surface area (Å²) in [5.41, 5.74) is 1.91. The van der Waals surface area contributed by atoms with Gasteiger partial charge in [-0.25, -0.2) is 8.78 Å². The highest BCUT2D eigenvalue weighted by molar-refractivity contribution is 14.1. The van der Waals surface area contributed by atoms with Gasteiger partial charge >= 0.3 is 5.97 Å². The lowest BCUT2D eigenvalue weighted by Gasteiger charge is -2.35. The number of terminal acetylenes is 1. The first kappa shape index (κ1) is 75.2. The van der Waals surface area contributed by atoms with E-state index >= 15 is 0 Å². The SMILES string of the molecule is C#C[C@H]1CC(F)(F)CN1C(=O)CNC(=O)c1ccnc2ccc(OCCCCN3CCN(C(=O)CN4C(=O)CC(S[C@H](CCCCCNC(=O)CCCc5ccc(I)cc5)CNC(=O)CN5CCN(COC=O)CCN(COC=O)CCN(CC(=O)O)CC5)C4=O)CC3)cc12. The molecule has 518 valence electrons. The van der Waals surface area contributed by atoms with E-state index in [0.29, 0.717) is 153 Å². The summed E-state index contributed by atoms with van der Waals surface area (Å²) in [6.45, 7) is 5.27. The molecular formula is C65H87F2IN12O14S. The molecule has 7 amide bonds. The Balaban J connectivity index is 0.866. The van der Waals surface area contributed by atoms with Gasteiger partial charge in [-0.2, -0.15) is 0 Å². The quantitative estimate of drug-likeness (QED) is 0.0216. The zero-order valence-corrected chi connectivity index (χ0v) is 56.5. The van der Waals surface area contributed by atoms with Crippen LogP contribution < -0.4 is 20.7 Å². The number of amides is 7. The van der Waals surface area contributed by atoms with E-state index in [1.807, 2.05) is 26.8 Å². The minimum atomic E-state index is -3.11. The second-order valence-electron chi connectivity index (χ2n) is 24.0. The van der Waals surface area contributed by atoms with Gasteiger partial charge in [0.25, 0.3) is 24.8 Å². The Bertz CT molecular complexity index is 3130. The van der Waals surface area contributed by atoms with Gasteiger partial charge in [0.05, 0.1) is 55.2 Å². The van der Waals surface area contributed by atoms with Gasteiger partial charge in [0, 0.05) is 131 Å². The number of piperazine rings is 1. The van der Waals surface area contributed by atoms with Crippen molar-refractivity contribution < 1.29 is 76.0 Å². The summed E-state index contributed by atoms with van der Waals surface area (Å²) in [6.07, 6.45) is 12.2. The number of likely N-dealkylation sites (tertiary alicyclic amines) is 2. The fourth-order valence-corrected chi connectivity index (χ4v) is 13.4. The van der Waals surface area contributed by atoms with Crippen LogP contribution >= 0.6 is 34.4 Å². The van der Waals surface area contributed by atoms with Crippen molar-refractivity contribution in [2.45, 2.75) is 93.1 Å². The summed E-state index contributed by atoms with van der Waals surface area (Å²) in [7, 11) is 0. The van der Waals surface area contributed by atoms with E-state index in [4.69, 9.17) is 20.6 Å². The Morgan fingerprint density at radius 1 is 0.758 bits per heavy atom. The minimum Gasteiger partial charge on any atom is -0.494 e. The molecular weight excluding hydrogens is 1370 g/mol. The van der Waals surface area contributed by atoms with Crippen molar-refractivity contribution in [2.75, 3.05) is 151 Å². The third kappa shape index (κ3) is 25.4. The number of hydrogen-bond donors (Lipinski definition) is 4. The van der Waals surface area contributed by atoms with Crippen LogP contribution in [0.1, 0.15) is 80.1 Å². The number of carboxylic acids is 1. The van der Waals surface area contributed by atoms with Crippen LogP contribution in [0.5, 0.6) is 5.75 Å². The van der Waals surface area contributed by atoms with Crippen LogP contribution in [0.15, 0.2) is 54.7 Å². The molecule has 4 aliphatic heterocycles. The van der Waals surface area contributed by atoms with E-state index in [9.17, 15) is 61.8 Å². The number of rotatable bonds is 35. The molecule has 3 atom stereocenters. The number of aryl methyl sites for hydroxylation is 1. The number of carbonyl (C=O) groups is 10. The van der Waals surface area contributed by atoms with Crippen LogP contribution in [0.2, 0.25) is 0 Å². The number of ether oxygens (including phenoxy) is 3. The van der Waals surface area contributed by atoms with Gasteiger partial charge in [-0.3, -0.25) is 82.3 Å². The maximum Gasteiger partial charge on any atom is 0.317 e. The molecule has 0 spiro atoms. The van der Waals surface area contributed by atoms with E-state index in [-0.39, 0.29) is 74.6 Å². The first-order valence-corrected chi connectivity index (χ1v) is 34.2. The maximum atomic E-state index is 14.1. The molecule has 1 unspecified atom stereocenters. The minimum absolute atomic E-state index is 0.00658. The predicted molar refractivity (Wildman–Crippen MR) is 357 cm³/mol. The van der Waals surface area contributed by atoms with Crippen LogP contribution in [0.25, 0.3) is 10.9 Å². The third-order valence-electron chi connectivity index (χ3n) is 17.0. The van der Waals surface area contributed by atoms with E-state index in [0.717, 1.165) is 45.6 Å². The number of nitrogens with zero attached hydrogens (tertiary/aromatic N) is 9. The molecule has 4 aliphatic rings. The summed E-state index contributed by atoms with van der Waals surface area (Å²) in [5, 5.41) is 17.7. The molecule has 2 aromatic carbocycles. The number of unbranched alkanes of at least 4 members (excludes halogenated alkanes) is 3. The highest BCUT2D eigenvalue weighted by Crippen LogP contribution is 2.33. The zero-order valence-electron chi connectivity index (χ0n) is 53.5. The number of fused-ring (bicyclic) bond motifs is 1. The van der Waals surface area contributed by atoms with Crippen molar-refractivity contribution in [3.05, 3.63) is 69.4 Å². The lowest BCUT2D eigenvalue weighted by molar-refractivity contribution is -0.146. The normalized spacial score (nSPS) is 19.1. The zero-order chi connectivity index (χ0) is 68.1. The molecule has 30 heteroatoms. The van der Waals surface area contributed by atoms with Crippen molar-refractivity contribution in [1.82, 2.24) is 60.1 Å². The molecule has 4 fully saturated rings. The van der Waals surface area contributed by atoms with Crippen LogP contribution in [0.4, 0.5) is 8.78 Å². The Morgan fingerprint density at radius 3 is 2.08 bits per heavy atom. The highest BCUT2D eigenvalue weighted by atomic mass is 127. The number of imide groups is 1. The van der Waals surface area contributed by atoms with Crippen molar-refractivity contribution in [3.8, 4) is 18.1 Å². The summed E-state index contributed by atoms with van der Waals surface area (Å²) < 4.78 is 45.3. The molecule has 5 heterocycles. The van der Waals surface area contributed by atoms with Gasteiger partial charge < -0.3 is 45.1 Å². The summed E-state index contributed by atoms with van der Waals surface area (Å²) in [6, 6.07) is 13.8. The molecule has 0 radical (unpaired) electrons. The number of halogens is 3. The number of aromatic nitrogens is 1. The number of nitrogens with one attached hydrogen (secondary N) is 3. The number of thioether (sulfide) groups is 1. The number of benzene rings is 2. The summed E-state index contributed by atoms with van der Waals surface area (Å²) in [5.74, 6) is -4.30. The maximum absolute atomic E-state index is 14.1. The number of aliphatic carboxylic acids is 1. The molecule has 0 bridgehead atoms. The second-order valence-corrected chi connectivity index (χ2v) is 26.7. The van der Waals surface area contributed by atoms with Crippen molar-refractivity contribution in [1.29, 1.82) is 0 Å². The largest absolute Gasteiger partial charge is 0.494 e. The molecule has 0 aliphatic carbocycles. The van der Waals surface area contributed by atoms with Crippen LogP contribution in [0, 0.1) is 15.9 Å². The highest BCUT2D eigenvalue weighted by Gasteiger charge is 2.46. The number of pyridine rings is 1. The fraction of sp³-hybridized carbons (Fsp3) is 0.585. The average molecular weight is 1460 g/mol. The molecule has 7 rings (SSSR count). The van der Waals surface area contributed by atoms with Crippen molar-refractivity contribution in [2.24, 2.45) is 0 Å². The summed E-state index contributed by atoms with van der Waals surface area (Å²) >= 11 is 3.56. The molecule has 4 N–H and O–H groups in total. The van der Waals surface area contributed by atoms with Gasteiger partial charge in [-0.15, -0.1) is 18.2 Å². The first-order chi connectivity index (χ1) is 45.8. The number of hydrogen-bond acceptors (Lipinski definition) is 20. The fourth-order valence-electron chi connectivity index (χ4n) is 11.6. The van der Waals surface area contributed by atoms with Gasteiger partial charge in [-0.1, -0.05) is 30.9 Å². The Labute approximate surface area is 570 Å². The van der Waals surface area contributed by atoms with Crippen LogP contribution in [0.3, 0.4) is 0 Å². The van der Waals surface area contributed by atoms with Gasteiger partial charge in [0.2, 0.25) is 35.4 Å². The monoisotopic (exact) mass is 1460 g/mol. The Kier molecular flexibility index (Phi) is 31.0. The van der Waals surface area contributed by atoms with Gasteiger partial charge in [0.1, 0.15) is 25.8 Å². The Hall–Kier alpha value is -7.15. The lowest BCUT2D eigenvalue weighted by Crippen LogP contribution is -2.52. The standard InChI is InChI=1S/C65H87F2IN12O14S/c1-2-50-37-65(66,67)43-80(50)60(86)39-72-63(90)53-18-20-69-55-17-16-51(35-54(53)55)94-34-7-6-21-73-30-32-78(33-31-73)61(87)41-79-59(85)36-56(64(79)91)95-52(10-4-3-5-19-70-57(83)11-8-9-48-12-14-49(68)15-13-48)38-71-58(84)40-74-22-23-75(42-62(88)89)25-27-77(45-93-47-82)29-28-76(26-24-74)44-92-46-81/h1,12-18,20,35,46-47,50,52,56H,3-11,19,21-34,36-45H2,(H,70,83)(H,71,84)(H,72,90)(H,88,89)/t50-,52+,56?/m0/s1. The van der Waals surface area contributed by atoms with Crippen molar-refractivity contribution >= 4 is 106 Å². The van der Waals surface area contributed by atoms with Gasteiger partial charge in [-0.05, 0) is 110 Å². The molecule has 0 saturated carbocycles. The number of carboxylic acid groups (broad SMARTS) is 1. The van der Waals surface area contributed by atoms with Crippen molar-refractivity contribution in [3.63, 3.8) is 0 Å². The molecule has 4 saturated heterocycles. The smallest absolute Gasteiger partial charge is 0.317 e. The predicted octanol–water partition coefficient (Wildman–Crippen LogP) is 2.35. The molecule has 95 heavy (non-hydrogen) atoms.